The summed E-state index contributed by atoms with van der Waals surface area (Å²) < 4.78 is 5.29. The highest BCUT2D eigenvalue weighted by molar-refractivity contribution is 5.95. The Morgan fingerprint density at radius 2 is 2.18 bits per heavy atom. The van der Waals surface area contributed by atoms with Crippen molar-refractivity contribution in [3.05, 3.63) is 47.5 Å². The molecule has 0 spiro atoms. The van der Waals surface area contributed by atoms with E-state index < -0.39 is 0 Å². The van der Waals surface area contributed by atoms with Crippen LogP contribution in [0.3, 0.4) is 0 Å². The van der Waals surface area contributed by atoms with Crippen molar-refractivity contribution < 1.29 is 14.3 Å². The highest BCUT2D eigenvalue weighted by Crippen LogP contribution is 2.41. The van der Waals surface area contributed by atoms with Crippen molar-refractivity contribution in [2.75, 3.05) is 0 Å². The number of allylic oxidation sites excluding steroid dienone is 2. The minimum Gasteiger partial charge on any atom is -0.462 e. The topological polar surface area (TPSA) is 43.4 Å². The zero-order valence-electron chi connectivity index (χ0n) is 13.1. The van der Waals surface area contributed by atoms with E-state index in [1.165, 1.54) is 5.56 Å². The molecule has 0 unspecified atom stereocenters. The maximum atomic E-state index is 12.4. The second kappa shape index (κ2) is 6.07. The molecule has 1 aromatic rings. The van der Waals surface area contributed by atoms with Crippen molar-refractivity contribution in [2.24, 2.45) is 11.8 Å². The maximum Gasteiger partial charge on any atom is 0.306 e. The molecule has 1 aromatic carbocycles. The summed E-state index contributed by atoms with van der Waals surface area (Å²) in [7, 11) is 0. The van der Waals surface area contributed by atoms with E-state index in [9.17, 15) is 9.59 Å². The highest BCUT2D eigenvalue weighted by atomic mass is 16.5. The van der Waals surface area contributed by atoms with Crippen LogP contribution >= 0.6 is 0 Å². The number of carbonyl (C=O) groups excluding carboxylic acids is 2. The molecule has 0 bridgehead atoms. The molecular formula is C19H22O3. The Kier molecular flexibility index (Phi) is 4.14. The number of ether oxygens (including phenoxy) is 1. The maximum absolute atomic E-state index is 12.4. The summed E-state index contributed by atoms with van der Waals surface area (Å²) >= 11 is 0. The molecule has 0 radical (unpaired) electrons. The molecule has 0 N–H and O–H groups in total. The molecule has 0 amide bonds. The van der Waals surface area contributed by atoms with Gasteiger partial charge in [0.1, 0.15) is 6.10 Å². The van der Waals surface area contributed by atoms with Gasteiger partial charge in [-0.15, -0.1) is 0 Å². The van der Waals surface area contributed by atoms with Gasteiger partial charge in [-0.2, -0.15) is 0 Å². The normalized spacial score (nSPS) is 28.6. The predicted octanol–water partition coefficient (Wildman–Crippen LogP) is 3.57. The summed E-state index contributed by atoms with van der Waals surface area (Å²) in [4.78, 5) is 23.7. The number of hydrogen-bond acceptors (Lipinski definition) is 3. The number of hydrogen-bond donors (Lipinski definition) is 0. The van der Waals surface area contributed by atoms with Crippen LogP contribution in [0.15, 0.2) is 36.4 Å². The van der Waals surface area contributed by atoms with Crippen LogP contribution in [-0.2, 0) is 14.3 Å². The van der Waals surface area contributed by atoms with Crippen LogP contribution in [0.2, 0.25) is 0 Å². The summed E-state index contributed by atoms with van der Waals surface area (Å²) in [5, 5.41) is 0. The molecule has 116 valence electrons. The molecule has 1 aliphatic carbocycles. The monoisotopic (exact) mass is 298 g/mol. The number of fused-ring (bicyclic) bond motifs is 1. The van der Waals surface area contributed by atoms with Crippen molar-refractivity contribution in [3.8, 4) is 0 Å². The Morgan fingerprint density at radius 1 is 1.36 bits per heavy atom. The molecule has 0 aromatic heterocycles. The Bertz CT molecular complexity index is 617. The Morgan fingerprint density at radius 3 is 2.95 bits per heavy atom. The lowest BCUT2D eigenvalue weighted by Gasteiger charge is -2.12. The first-order valence-corrected chi connectivity index (χ1v) is 8.02. The molecule has 1 saturated carbocycles. The summed E-state index contributed by atoms with van der Waals surface area (Å²) in [5.41, 5.74) is 2.22. The third kappa shape index (κ3) is 2.99. The van der Waals surface area contributed by atoms with Gasteiger partial charge in [0.15, 0.2) is 5.78 Å². The Hall–Kier alpha value is -1.90. The van der Waals surface area contributed by atoms with Gasteiger partial charge >= 0.3 is 5.97 Å². The van der Waals surface area contributed by atoms with Crippen LogP contribution in [0.5, 0.6) is 0 Å². The molecule has 1 heterocycles. The van der Waals surface area contributed by atoms with Crippen LogP contribution in [0.1, 0.15) is 43.2 Å². The SMILES string of the molecule is Cc1cccc([C@@H](C)C(=O)/C=C/[C@H]2CC[C@@H]3OC(=O)C[C@@H]32)c1. The molecule has 1 aliphatic heterocycles. The van der Waals surface area contributed by atoms with E-state index in [0.29, 0.717) is 12.3 Å². The lowest BCUT2D eigenvalue weighted by atomic mass is 9.90. The average molecular weight is 298 g/mol. The van der Waals surface area contributed by atoms with E-state index in [-0.39, 0.29) is 29.7 Å². The van der Waals surface area contributed by atoms with E-state index >= 15 is 0 Å². The fraction of sp³-hybridized carbons (Fsp3) is 0.474. The zero-order chi connectivity index (χ0) is 15.7. The summed E-state index contributed by atoms with van der Waals surface area (Å²) in [5.74, 6) is 0.470. The smallest absolute Gasteiger partial charge is 0.306 e. The fourth-order valence-corrected chi connectivity index (χ4v) is 3.60. The van der Waals surface area contributed by atoms with Crippen molar-refractivity contribution in [1.29, 1.82) is 0 Å². The fourth-order valence-electron chi connectivity index (χ4n) is 3.60. The lowest BCUT2D eigenvalue weighted by molar-refractivity contribution is -0.141. The molecule has 22 heavy (non-hydrogen) atoms. The largest absolute Gasteiger partial charge is 0.462 e. The van der Waals surface area contributed by atoms with Gasteiger partial charge in [-0.25, -0.2) is 0 Å². The van der Waals surface area contributed by atoms with E-state index in [2.05, 4.69) is 6.07 Å². The first-order chi connectivity index (χ1) is 10.5. The third-order valence-corrected chi connectivity index (χ3v) is 4.97. The molecule has 2 fully saturated rings. The number of benzene rings is 1. The van der Waals surface area contributed by atoms with E-state index in [1.807, 2.05) is 38.1 Å². The van der Waals surface area contributed by atoms with Crippen molar-refractivity contribution in [1.82, 2.24) is 0 Å². The number of esters is 1. The number of carbonyl (C=O) groups is 2. The van der Waals surface area contributed by atoms with E-state index in [4.69, 9.17) is 4.74 Å². The standard InChI is InChI=1S/C19H22O3/c1-12-4-3-5-15(10-12)13(2)17(20)8-6-14-7-9-18-16(14)11-19(21)22-18/h3-6,8,10,13-14,16,18H,7,9,11H2,1-2H3/b8-6+/t13-,14+,16-,18+/m1/s1. The summed E-state index contributed by atoms with van der Waals surface area (Å²) in [6.45, 7) is 3.98. The van der Waals surface area contributed by atoms with E-state index in [0.717, 1.165) is 18.4 Å². The highest BCUT2D eigenvalue weighted by Gasteiger charge is 2.43. The summed E-state index contributed by atoms with van der Waals surface area (Å²) in [6, 6.07) is 8.08. The van der Waals surface area contributed by atoms with Crippen LogP contribution in [0.25, 0.3) is 0 Å². The van der Waals surface area contributed by atoms with Crippen LogP contribution in [0, 0.1) is 18.8 Å². The van der Waals surface area contributed by atoms with Gasteiger partial charge in [0.05, 0.1) is 6.42 Å². The first-order valence-electron chi connectivity index (χ1n) is 8.02. The second-order valence-corrected chi connectivity index (χ2v) is 6.53. The van der Waals surface area contributed by atoms with E-state index in [1.54, 1.807) is 6.08 Å². The number of aryl methyl sites for hydroxylation is 1. The van der Waals surface area contributed by atoms with Crippen LogP contribution in [0.4, 0.5) is 0 Å². The second-order valence-electron chi connectivity index (χ2n) is 6.53. The number of ketones is 1. The van der Waals surface area contributed by atoms with Gasteiger partial charge in [-0.3, -0.25) is 9.59 Å². The molecule has 4 atom stereocenters. The molecular weight excluding hydrogens is 276 g/mol. The molecule has 3 nitrogen and oxygen atoms in total. The van der Waals surface area contributed by atoms with Crippen LogP contribution < -0.4 is 0 Å². The van der Waals surface area contributed by atoms with Crippen molar-refractivity contribution >= 4 is 11.8 Å². The van der Waals surface area contributed by atoms with Gasteiger partial charge in [-0.05, 0) is 37.3 Å². The van der Waals surface area contributed by atoms with Gasteiger partial charge in [0, 0.05) is 11.8 Å². The molecule has 3 rings (SSSR count). The van der Waals surface area contributed by atoms with Crippen molar-refractivity contribution in [2.45, 2.75) is 45.1 Å². The Labute approximate surface area is 131 Å². The van der Waals surface area contributed by atoms with Gasteiger partial charge in [0.2, 0.25) is 0 Å². The number of rotatable bonds is 4. The van der Waals surface area contributed by atoms with Gasteiger partial charge < -0.3 is 4.74 Å². The van der Waals surface area contributed by atoms with Crippen LogP contribution in [-0.4, -0.2) is 17.9 Å². The third-order valence-electron chi connectivity index (χ3n) is 4.97. The zero-order valence-corrected chi connectivity index (χ0v) is 13.1. The minimum atomic E-state index is -0.130. The van der Waals surface area contributed by atoms with Gasteiger partial charge in [-0.1, -0.05) is 42.8 Å². The average Bonchev–Trinajstić information content (AvgIpc) is 3.03. The molecule has 3 heteroatoms. The van der Waals surface area contributed by atoms with Crippen molar-refractivity contribution in [3.63, 3.8) is 0 Å². The molecule has 2 aliphatic rings. The quantitative estimate of drug-likeness (QED) is 0.630. The summed E-state index contributed by atoms with van der Waals surface area (Å²) in [6.07, 6.45) is 6.22. The first kappa shape index (κ1) is 15.0. The predicted molar refractivity (Wildman–Crippen MR) is 84.5 cm³/mol. The molecule has 1 saturated heterocycles. The lowest BCUT2D eigenvalue weighted by Crippen LogP contribution is -2.13. The van der Waals surface area contributed by atoms with Gasteiger partial charge in [0.25, 0.3) is 0 Å². The Balaban J connectivity index is 1.65. The minimum absolute atomic E-state index is 0.0754.